The molecule has 1 aromatic heterocycles. The maximum atomic E-state index is 13.1. The van der Waals surface area contributed by atoms with E-state index in [0.717, 1.165) is 11.1 Å². The van der Waals surface area contributed by atoms with Gasteiger partial charge in [-0.05, 0) is 23.3 Å². The lowest BCUT2D eigenvalue weighted by Gasteiger charge is -2.23. The number of ether oxygens (including phenoxy) is 1. The minimum atomic E-state index is -0.567. The van der Waals surface area contributed by atoms with E-state index in [-0.39, 0.29) is 17.3 Å². The van der Waals surface area contributed by atoms with Crippen LogP contribution in [0.15, 0.2) is 78.9 Å². The van der Waals surface area contributed by atoms with Crippen molar-refractivity contribution >= 4 is 11.9 Å². The third-order valence-electron chi connectivity index (χ3n) is 4.08. The Labute approximate surface area is 158 Å². The number of nitrogens with zero attached hydrogens (tertiary/aromatic N) is 2. The number of carbonyl (C=O) groups excluding carboxylic acids is 2. The first-order valence-corrected chi connectivity index (χ1v) is 8.60. The van der Waals surface area contributed by atoms with Gasteiger partial charge in [0.1, 0.15) is 11.4 Å². The van der Waals surface area contributed by atoms with Gasteiger partial charge in [-0.3, -0.25) is 4.79 Å². The molecule has 27 heavy (non-hydrogen) atoms. The van der Waals surface area contributed by atoms with E-state index in [9.17, 15) is 9.59 Å². The van der Waals surface area contributed by atoms with Gasteiger partial charge in [0, 0.05) is 13.1 Å². The molecule has 0 radical (unpaired) electrons. The topological polar surface area (TPSA) is 59.5 Å². The van der Waals surface area contributed by atoms with Crippen molar-refractivity contribution in [2.75, 3.05) is 7.11 Å². The summed E-state index contributed by atoms with van der Waals surface area (Å²) >= 11 is 0. The molecular formula is C22H20N2O3. The normalized spacial score (nSPS) is 10.3. The first kappa shape index (κ1) is 18.3. The van der Waals surface area contributed by atoms with Crippen LogP contribution in [0, 0.1) is 0 Å². The first-order chi connectivity index (χ1) is 13.2. The zero-order chi connectivity index (χ0) is 19.1. The summed E-state index contributed by atoms with van der Waals surface area (Å²) in [6, 6.07) is 24.3. The van der Waals surface area contributed by atoms with Gasteiger partial charge >= 0.3 is 5.97 Å². The molecule has 0 aliphatic rings. The number of esters is 1. The number of rotatable bonds is 6. The highest BCUT2D eigenvalue weighted by atomic mass is 16.5. The van der Waals surface area contributed by atoms with Crippen LogP contribution in [0.2, 0.25) is 0 Å². The lowest BCUT2D eigenvalue weighted by molar-refractivity contribution is 0.0593. The summed E-state index contributed by atoms with van der Waals surface area (Å²) in [5.41, 5.74) is 2.37. The van der Waals surface area contributed by atoms with E-state index in [0.29, 0.717) is 13.1 Å². The lowest BCUT2D eigenvalue weighted by atomic mass is 10.1. The Hall–Kier alpha value is -3.47. The summed E-state index contributed by atoms with van der Waals surface area (Å²) in [5.74, 6) is -0.809. The van der Waals surface area contributed by atoms with E-state index in [4.69, 9.17) is 4.74 Å². The highest BCUT2D eigenvalue weighted by Gasteiger charge is 2.19. The SMILES string of the molecule is COC(=O)c1cccc(C(=O)N(Cc2ccccc2)Cc2ccccc2)n1. The minimum absolute atomic E-state index is 0.114. The molecule has 0 aliphatic heterocycles. The van der Waals surface area contributed by atoms with Crippen molar-refractivity contribution in [2.24, 2.45) is 0 Å². The monoisotopic (exact) mass is 360 g/mol. The molecule has 0 fully saturated rings. The number of hydrogen-bond donors (Lipinski definition) is 0. The molecule has 3 rings (SSSR count). The van der Waals surface area contributed by atoms with Crippen molar-refractivity contribution in [1.29, 1.82) is 0 Å². The summed E-state index contributed by atoms with van der Waals surface area (Å²) in [6.07, 6.45) is 0. The fourth-order valence-electron chi connectivity index (χ4n) is 2.74. The Morgan fingerprint density at radius 3 is 1.81 bits per heavy atom. The van der Waals surface area contributed by atoms with Gasteiger partial charge in [0.25, 0.3) is 5.91 Å². The zero-order valence-corrected chi connectivity index (χ0v) is 15.0. The standard InChI is InChI=1S/C22H20N2O3/c1-27-22(26)20-14-8-13-19(23-20)21(25)24(15-17-9-4-2-5-10-17)16-18-11-6-3-7-12-18/h2-14H,15-16H2,1H3. The molecule has 0 saturated heterocycles. The molecule has 0 spiro atoms. The average Bonchev–Trinajstić information content (AvgIpc) is 2.73. The van der Waals surface area contributed by atoms with Crippen molar-refractivity contribution < 1.29 is 14.3 Å². The Kier molecular flexibility index (Phi) is 5.94. The third-order valence-corrected chi connectivity index (χ3v) is 4.08. The summed E-state index contributed by atoms with van der Waals surface area (Å²) < 4.78 is 4.70. The number of benzene rings is 2. The average molecular weight is 360 g/mol. The highest BCUT2D eigenvalue weighted by molar-refractivity contribution is 5.94. The number of methoxy groups -OCH3 is 1. The predicted molar refractivity (Wildman–Crippen MR) is 102 cm³/mol. The summed E-state index contributed by atoms with van der Waals surface area (Å²) in [7, 11) is 1.29. The molecule has 5 heteroatoms. The van der Waals surface area contributed by atoms with Crippen LogP contribution in [-0.2, 0) is 17.8 Å². The van der Waals surface area contributed by atoms with E-state index < -0.39 is 5.97 Å². The first-order valence-electron chi connectivity index (χ1n) is 8.60. The molecular weight excluding hydrogens is 340 g/mol. The second-order valence-corrected chi connectivity index (χ2v) is 6.03. The second kappa shape index (κ2) is 8.76. The van der Waals surface area contributed by atoms with Gasteiger partial charge in [-0.1, -0.05) is 66.7 Å². The van der Waals surface area contributed by atoms with Gasteiger partial charge < -0.3 is 9.64 Å². The molecule has 0 bridgehead atoms. The number of amides is 1. The van der Waals surface area contributed by atoms with E-state index in [1.807, 2.05) is 60.7 Å². The van der Waals surface area contributed by atoms with Gasteiger partial charge in [-0.2, -0.15) is 0 Å². The number of aromatic nitrogens is 1. The van der Waals surface area contributed by atoms with Crippen molar-refractivity contribution in [3.05, 3.63) is 101 Å². The summed E-state index contributed by atoms with van der Waals surface area (Å²) in [5, 5.41) is 0. The van der Waals surface area contributed by atoms with Crippen LogP contribution in [0.3, 0.4) is 0 Å². The molecule has 2 aromatic carbocycles. The lowest BCUT2D eigenvalue weighted by Crippen LogP contribution is -2.31. The van der Waals surface area contributed by atoms with Crippen LogP contribution < -0.4 is 0 Å². The Balaban J connectivity index is 1.89. The van der Waals surface area contributed by atoms with Gasteiger partial charge in [-0.25, -0.2) is 9.78 Å². The second-order valence-electron chi connectivity index (χ2n) is 6.03. The van der Waals surface area contributed by atoms with Gasteiger partial charge in [-0.15, -0.1) is 0 Å². The maximum absolute atomic E-state index is 13.1. The molecule has 0 aliphatic carbocycles. The van der Waals surface area contributed by atoms with Gasteiger partial charge in [0.2, 0.25) is 0 Å². The molecule has 0 saturated carbocycles. The van der Waals surface area contributed by atoms with E-state index in [1.165, 1.54) is 13.2 Å². The zero-order valence-electron chi connectivity index (χ0n) is 15.0. The Morgan fingerprint density at radius 2 is 1.30 bits per heavy atom. The smallest absolute Gasteiger partial charge is 0.356 e. The van der Waals surface area contributed by atoms with Crippen LogP contribution in [0.25, 0.3) is 0 Å². The van der Waals surface area contributed by atoms with Crippen molar-refractivity contribution in [2.45, 2.75) is 13.1 Å². The fourth-order valence-corrected chi connectivity index (χ4v) is 2.74. The van der Waals surface area contributed by atoms with Crippen LogP contribution in [-0.4, -0.2) is 28.9 Å². The van der Waals surface area contributed by atoms with E-state index in [2.05, 4.69) is 4.98 Å². The number of carbonyl (C=O) groups is 2. The van der Waals surface area contributed by atoms with Crippen LogP contribution in [0.4, 0.5) is 0 Å². The quantitative estimate of drug-likeness (QED) is 0.629. The largest absolute Gasteiger partial charge is 0.464 e. The molecule has 0 N–H and O–H groups in total. The number of pyridine rings is 1. The molecule has 1 amide bonds. The molecule has 136 valence electrons. The Bertz CT molecular complexity index is 870. The third kappa shape index (κ3) is 4.79. The highest BCUT2D eigenvalue weighted by Crippen LogP contribution is 2.14. The van der Waals surface area contributed by atoms with Crippen LogP contribution in [0.5, 0.6) is 0 Å². The number of hydrogen-bond acceptors (Lipinski definition) is 4. The van der Waals surface area contributed by atoms with E-state index >= 15 is 0 Å². The molecule has 1 heterocycles. The summed E-state index contributed by atoms with van der Waals surface area (Å²) in [4.78, 5) is 30.8. The maximum Gasteiger partial charge on any atom is 0.356 e. The van der Waals surface area contributed by atoms with Gasteiger partial charge in [0.05, 0.1) is 7.11 Å². The Morgan fingerprint density at radius 1 is 0.778 bits per heavy atom. The molecule has 0 unspecified atom stereocenters. The van der Waals surface area contributed by atoms with Gasteiger partial charge in [0.15, 0.2) is 0 Å². The van der Waals surface area contributed by atoms with E-state index in [1.54, 1.807) is 17.0 Å². The molecule has 5 nitrogen and oxygen atoms in total. The molecule has 0 atom stereocenters. The van der Waals surface area contributed by atoms with Crippen molar-refractivity contribution in [3.8, 4) is 0 Å². The van der Waals surface area contributed by atoms with Crippen LogP contribution >= 0.6 is 0 Å². The summed E-state index contributed by atoms with van der Waals surface area (Å²) in [6.45, 7) is 0.886. The minimum Gasteiger partial charge on any atom is -0.464 e. The molecule has 3 aromatic rings. The van der Waals surface area contributed by atoms with Crippen molar-refractivity contribution in [1.82, 2.24) is 9.88 Å². The predicted octanol–water partition coefficient (Wildman–Crippen LogP) is 3.71. The van der Waals surface area contributed by atoms with Crippen molar-refractivity contribution in [3.63, 3.8) is 0 Å². The fraction of sp³-hybridized carbons (Fsp3) is 0.136. The van der Waals surface area contributed by atoms with Crippen LogP contribution in [0.1, 0.15) is 32.1 Å².